The normalized spacial score (nSPS) is 21.8. The lowest BCUT2D eigenvalue weighted by Crippen LogP contribution is -2.51. The molecular weight excluding hydrogens is 588 g/mol. The lowest BCUT2D eigenvalue weighted by molar-refractivity contribution is -0.144. The number of hydrogen-bond donors (Lipinski definition) is 2. The molecule has 3 aliphatic rings. The van der Waals surface area contributed by atoms with Gasteiger partial charge in [-0.2, -0.15) is 21.1 Å². The Morgan fingerprint density at radius 3 is 2.71 bits per heavy atom. The zero-order chi connectivity index (χ0) is 30.4. The van der Waals surface area contributed by atoms with Crippen LogP contribution in [0.15, 0.2) is 45.8 Å². The van der Waals surface area contributed by atoms with Gasteiger partial charge in [-0.25, -0.2) is 4.98 Å². The van der Waals surface area contributed by atoms with Crippen molar-refractivity contribution in [3.05, 3.63) is 42.1 Å². The van der Waals surface area contributed by atoms with E-state index >= 15 is 0 Å². The maximum atomic E-state index is 13.6. The fraction of sp³-hybridized carbons (Fsp3) is 0.423. The van der Waals surface area contributed by atoms with Gasteiger partial charge in [0.1, 0.15) is 22.6 Å². The van der Waals surface area contributed by atoms with Crippen LogP contribution in [0.2, 0.25) is 0 Å². The van der Waals surface area contributed by atoms with Crippen molar-refractivity contribution in [1.82, 2.24) is 9.29 Å². The molecule has 4 heterocycles. The second-order valence-corrected chi connectivity index (χ2v) is 13.7. The lowest BCUT2D eigenvalue weighted by Gasteiger charge is -2.34. The van der Waals surface area contributed by atoms with Crippen LogP contribution in [0.5, 0.6) is 0 Å². The van der Waals surface area contributed by atoms with E-state index in [1.165, 1.54) is 36.4 Å². The van der Waals surface area contributed by atoms with Crippen molar-refractivity contribution >= 4 is 60.9 Å². The highest BCUT2D eigenvalue weighted by molar-refractivity contribution is 7.91. The molecule has 5 rings (SSSR count). The average molecular weight is 619 g/mol. The minimum atomic E-state index is -4.47. The molecule has 1 aromatic heterocycles. The van der Waals surface area contributed by atoms with Crippen molar-refractivity contribution in [3.8, 4) is 0 Å². The number of ketones is 1. The van der Waals surface area contributed by atoms with Crippen LogP contribution in [-0.2, 0) is 34.6 Å². The number of carbonyl (C=O) groups is 3. The predicted octanol–water partition coefficient (Wildman–Crippen LogP) is 1.78. The number of fused-ring (bicyclic) bond motifs is 2. The van der Waals surface area contributed by atoms with Gasteiger partial charge in [0, 0.05) is 19.3 Å². The SMILES string of the molecule is COC(=O)C1CCCN1S(=O)(=O)Nc1ccc2c(c1)S(=O)(=O)N=C(C1C(=O)c3cccnc3N(CCC(C)C)C1=O)N2. The molecule has 0 saturated carbocycles. The summed E-state index contributed by atoms with van der Waals surface area (Å²) >= 11 is 0. The van der Waals surface area contributed by atoms with Crippen LogP contribution in [0.1, 0.15) is 43.5 Å². The number of nitrogens with one attached hydrogen (secondary N) is 2. The van der Waals surface area contributed by atoms with Gasteiger partial charge in [0.2, 0.25) is 5.91 Å². The summed E-state index contributed by atoms with van der Waals surface area (Å²) in [5, 5.41) is 2.81. The minimum Gasteiger partial charge on any atom is -0.468 e. The highest BCUT2D eigenvalue weighted by atomic mass is 32.2. The van der Waals surface area contributed by atoms with Gasteiger partial charge in [0.15, 0.2) is 11.7 Å². The Kier molecular flexibility index (Phi) is 7.80. The topological polar surface area (TPSA) is 185 Å². The number of methoxy groups -OCH3 is 1. The smallest absolute Gasteiger partial charge is 0.324 e. The Bertz CT molecular complexity index is 1710. The van der Waals surface area contributed by atoms with E-state index in [-0.39, 0.29) is 52.5 Å². The number of carbonyl (C=O) groups excluding carboxylic acids is 3. The highest BCUT2D eigenvalue weighted by Gasteiger charge is 2.45. The first-order valence-electron chi connectivity index (χ1n) is 13.3. The third-order valence-corrected chi connectivity index (χ3v) is 10.1. The number of amidine groups is 1. The van der Waals surface area contributed by atoms with Gasteiger partial charge in [0.25, 0.3) is 10.0 Å². The van der Waals surface area contributed by atoms with E-state index in [0.717, 1.165) is 10.4 Å². The summed E-state index contributed by atoms with van der Waals surface area (Å²) in [6, 6.07) is 5.81. The molecule has 3 aliphatic heterocycles. The van der Waals surface area contributed by atoms with Crippen molar-refractivity contribution < 1.29 is 36.0 Å². The zero-order valence-corrected chi connectivity index (χ0v) is 24.7. The Morgan fingerprint density at radius 1 is 1.24 bits per heavy atom. The number of benzene rings is 1. The number of esters is 1. The lowest BCUT2D eigenvalue weighted by atomic mass is 9.90. The quantitative estimate of drug-likeness (QED) is 0.326. The van der Waals surface area contributed by atoms with Gasteiger partial charge in [0.05, 0.1) is 24.0 Å². The standard InChI is InChI=1S/C26H30N6O8S2/c1-15(2)10-13-31-24-17(6-4-11-27-24)22(33)21(25(31)34)23-28-18-9-8-16(14-20(18)41(36,37)30-23)29-42(38,39)32-12-5-7-19(32)26(35)40-3/h4,6,8-9,11,14-15,19,21,29H,5,7,10,12-13H2,1-3H3,(H,28,30). The first-order valence-corrected chi connectivity index (χ1v) is 16.2. The first-order chi connectivity index (χ1) is 19.8. The maximum Gasteiger partial charge on any atom is 0.324 e. The monoisotopic (exact) mass is 618 g/mol. The Balaban J connectivity index is 1.44. The predicted molar refractivity (Wildman–Crippen MR) is 153 cm³/mol. The summed E-state index contributed by atoms with van der Waals surface area (Å²) in [6.45, 7) is 4.34. The van der Waals surface area contributed by atoms with Crippen LogP contribution in [0.3, 0.4) is 0 Å². The second kappa shape index (κ2) is 11.1. The molecule has 0 aliphatic carbocycles. The summed E-state index contributed by atoms with van der Waals surface area (Å²) in [7, 11) is -7.54. The number of rotatable bonds is 8. The van der Waals surface area contributed by atoms with Crippen molar-refractivity contribution in [1.29, 1.82) is 0 Å². The van der Waals surface area contributed by atoms with Gasteiger partial charge in [-0.3, -0.25) is 24.0 Å². The molecule has 2 N–H and O–H groups in total. The molecule has 1 aromatic carbocycles. The summed E-state index contributed by atoms with van der Waals surface area (Å²) < 4.78 is 64.5. The Labute approximate surface area is 243 Å². The van der Waals surface area contributed by atoms with E-state index in [0.29, 0.717) is 19.3 Å². The number of pyridine rings is 1. The molecular formula is C26H30N6O8S2. The Morgan fingerprint density at radius 2 is 2.00 bits per heavy atom. The fourth-order valence-corrected chi connectivity index (χ4v) is 7.77. The van der Waals surface area contributed by atoms with Crippen molar-refractivity contribution in [2.75, 3.05) is 35.1 Å². The molecule has 1 amide bonds. The first kappa shape index (κ1) is 29.6. The number of nitrogens with zero attached hydrogens (tertiary/aromatic N) is 4. The number of amides is 1. The van der Waals surface area contributed by atoms with E-state index in [1.54, 1.807) is 6.07 Å². The number of aromatic nitrogens is 1. The van der Waals surface area contributed by atoms with E-state index < -0.39 is 49.9 Å². The molecule has 0 bridgehead atoms. The van der Waals surface area contributed by atoms with Crippen molar-refractivity contribution in [3.63, 3.8) is 0 Å². The highest BCUT2D eigenvalue weighted by Crippen LogP contribution is 2.36. The van der Waals surface area contributed by atoms with Gasteiger partial charge in [-0.1, -0.05) is 13.8 Å². The van der Waals surface area contributed by atoms with E-state index in [1.807, 2.05) is 13.8 Å². The van der Waals surface area contributed by atoms with Gasteiger partial charge >= 0.3 is 16.2 Å². The molecule has 0 radical (unpaired) electrons. The molecule has 1 saturated heterocycles. The van der Waals surface area contributed by atoms with Gasteiger partial charge < -0.3 is 10.1 Å². The average Bonchev–Trinajstić information content (AvgIpc) is 3.44. The van der Waals surface area contributed by atoms with Gasteiger partial charge in [-0.05, 0) is 55.5 Å². The fourth-order valence-electron chi connectivity index (χ4n) is 5.15. The third-order valence-electron chi connectivity index (χ3n) is 7.26. The molecule has 16 heteroatoms. The summed E-state index contributed by atoms with van der Waals surface area (Å²) in [5.41, 5.74) is 0.108. The maximum absolute atomic E-state index is 13.6. The van der Waals surface area contributed by atoms with Crippen LogP contribution >= 0.6 is 0 Å². The number of ether oxygens (including phenoxy) is 1. The van der Waals surface area contributed by atoms with Crippen LogP contribution in [0.25, 0.3) is 0 Å². The van der Waals surface area contributed by atoms with Crippen LogP contribution in [-0.4, -0.2) is 75.9 Å². The van der Waals surface area contributed by atoms with Gasteiger partial charge in [-0.15, -0.1) is 4.40 Å². The van der Waals surface area contributed by atoms with E-state index in [4.69, 9.17) is 4.74 Å². The molecule has 2 unspecified atom stereocenters. The second-order valence-electron chi connectivity index (χ2n) is 10.5. The Hall–Kier alpha value is -3.89. The molecule has 1 fully saturated rings. The molecule has 14 nitrogen and oxygen atoms in total. The largest absolute Gasteiger partial charge is 0.468 e. The van der Waals surface area contributed by atoms with Crippen LogP contribution in [0, 0.1) is 11.8 Å². The van der Waals surface area contributed by atoms with E-state index in [2.05, 4.69) is 19.4 Å². The zero-order valence-electron chi connectivity index (χ0n) is 23.1. The minimum absolute atomic E-state index is 0.0165. The molecule has 2 aromatic rings. The summed E-state index contributed by atoms with van der Waals surface area (Å²) in [4.78, 5) is 44.4. The van der Waals surface area contributed by atoms with Crippen LogP contribution in [0.4, 0.5) is 17.2 Å². The number of Topliss-reactive ketones (excluding diaryl/α,β-unsaturated/α-hetero) is 1. The molecule has 0 spiro atoms. The summed E-state index contributed by atoms with van der Waals surface area (Å²) in [5.74, 6) is -3.40. The van der Waals surface area contributed by atoms with Crippen molar-refractivity contribution in [2.45, 2.75) is 44.0 Å². The number of sulfonamides is 1. The molecule has 2 atom stereocenters. The number of hydrogen-bond acceptors (Lipinski definition) is 10. The van der Waals surface area contributed by atoms with Crippen LogP contribution < -0.4 is 14.9 Å². The molecule has 224 valence electrons. The third kappa shape index (κ3) is 5.36. The van der Waals surface area contributed by atoms with Crippen molar-refractivity contribution in [2.24, 2.45) is 16.2 Å². The summed E-state index contributed by atoms with van der Waals surface area (Å²) in [6.07, 6.45) is 2.85. The van der Waals surface area contributed by atoms with E-state index in [9.17, 15) is 31.2 Å². The molecule has 42 heavy (non-hydrogen) atoms. The number of anilines is 3.